The Labute approximate surface area is 203 Å². The third kappa shape index (κ3) is 3.46. The van der Waals surface area contributed by atoms with E-state index in [9.17, 15) is 34.8 Å². The maximum Gasteiger partial charge on any atom is 0.342 e. The van der Waals surface area contributed by atoms with Gasteiger partial charge in [-0.1, -0.05) is 6.92 Å². The number of fused-ring (bicyclic) bond motifs is 1. The number of hydrogen-bond acceptors (Lipinski definition) is 11. The number of aliphatic hydroxyl groups is 4. The normalized spacial score (nSPS) is 51.1. The first-order valence-electron chi connectivity index (χ1n) is 11.7. The van der Waals surface area contributed by atoms with Gasteiger partial charge in [0.15, 0.2) is 17.3 Å². The molecule has 4 N–H and O–H groups in total. The molecule has 2 aliphatic heterocycles. The Kier molecular flexibility index (Phi) is 5.93. The number of carbonyl (C=O) groups excluding carboxylic acids is 3. The monoisotopic (exact) mass is 498 g/mol. The maximum atomic E-state index is 12.7. The molecule has 1 spiro atoms. The Morgan fingerprint density at radius 3 is 2.09 bits per heavy atom. The SMILES string of the molecule is CC(=O)OC1CC(O)C(C)=CC2OC(=O)C3(C)OC23C(O)C2C(C)(O)C(O)CC(OC(C)=O)C12C. The summed E-state index contributed by atoms with van der Waals surface area (Å²) in [6, 6.07) is 0. The lowest BCUT2D eigenvalue weighted by Gasteiger charge is -2.59. The van der Waals surface area contributed by atoms with Gasteiger partial charge >= 0.3 is 17.9 Å². The summed E-state index contributed by atoms with van der Waals surface area (Å²) in [5, 5.41) is 45.5. The zero-order chi connectivity index (χ0) is 26.3. The van der Waals surface area contributed by atoms with Crippen LogP contribution in [-0.4, -0.2) is 91.8 Å². The largest absolute Gasteiger partial charge is 0.462 e. The van der Waals surface area contributed by atoms with Crippen LogP contribution in [-0.2, 0) is 33.3 Å². The van der Waals surface area contributed by atoms with Crippen LogP contribution in [0.4, 0.5) is 0 Å². The quantitative estimate of drug-likeness (QED) is 0.168. The van der Waals surface area contributed by atoms with Crippen molar-refractivity contribution >= 4 is 17.9 Å². The predicted octanol–water partition coefficient (Wildman–Crippen LogP) is -0.487. The Hall–Kier alpha value is -2.05. The van der Waals surface area contributed by atoms with E-state index in [-0.39, 0.29) is 12.8 Å². The molecule has 2 saturated heterocycles. The zero-order valence-electron chi connectivity index (χ0n) is 20.7. The predicted molar refractivity (Wildman–Crippen MR) is 116 cm³/mol. The molecule has 11 nitrogen and oxygen atoms in total. The first-order valence-corrected chi connectivity index (χ1v) is 11.7. The molecule has 2 heterocycles. The van der Waals surface area contributed by atoms with Crippen molar-refractivity contribution in [1.29, 1.82) is 0 Å². The minimum Gasteiger partial charge on any atom is -0.462 e. The molecule has 196 valence electrons. The van der Waals surface area contributed by atoms with Gasteiger partial charge in [0.1, 0.15) is 12.2 Å². The van der Waals surface area contributed by atoms with Crippen molar-refractivity contribution in [3.8, 4) is 0 Å². The first-order chi connectivity index (χ1) is 16.0. The highest BCUT2D eigenvalue weighted by atomic mass is 16.7. The molecular formula is C24H34O11. The van der Waals surface area contributed by atoms with Crippen LogP contribution in [0.15, 0.2) is 11.6 Å². The molecule has 0 aromatic rings. The number of ether oxygens (including phenoxy) is 4. The summed E-state index contributed by atoms with van der Waals surface area (Å²) in [6.45, 7) is 8.31. The lowest BCUT2D eigenvalue weighted by Crippen LogP contribution is -2.72. The van der Waals surface area contributed by atoms with Gasteiger partial charge in [0.25, 0.3) is 0 Å². The molecule has 0 aromatic carbocycles. The van der Waals surface area contributed by atoms with Gasteiger partial charge in [-0.05, 0) is 32.4 Å². The molecule has 0 aromatic heterocycles. The van der Waals surface area contributed by atoms with Crippen LogP contribution in [0.3, 0.4) is 0 Å². The second-order valence-corrected chi connectivity index (χ2v) is 10.9. The summed E-state index contributed by atoms with van der Waals surface area (Å²) < 4.78 is 22.6. The molecular weight excluding hydrogens is 464 g/mol. The lowest BCUT2D eigenvalue weighted by atomic mass is 9.51. The average molecular weight is 499 g/mol. The molecule has 3 fully saturated rings. The van der Waals surface area contributed by atoms with E-state index in [0.717, 1.165) is 0 Å². The molecule has 1 saturated carbocycles. The second kappa shape index (κ2) is 7.97. The molecule has 4 rings (SSSR count). The minimum absolute atomic E-state index is 0.169. The van der Waals surface area contributed by atoms with E-state index in [1.807, 2.05) is 0 Å². The van der Waals surface area contributed by atoms with E-state index in [2.05, 4.69) is 0 Å². The fourth-order valence-corrected chi connectivity index (χ4v) is 6.62. The van der Waals surface area contributed by atoms with Gasteiger partial charge in [0.05, 0.1) is 29.3 Å². The maximum absolute atomic E-state index is 12.7. The number of esters is 3. The number of hydrogen-bond donors (Lipinski definition) is 4. The Morgan fingerprint density at radius 2 is 1.57 bits per heavy atom. The summed E-state index contributed by atoms with van der Waals surface area (Å²) in [7, 11) is 0. The van der Waals surface area contributed by atoms with E-state index in [0.29, 0.717) is 5.57 Å². The van der Waals surface area contributed by atoms with Gasteiger partial charge in [0, 0.05) is 32.6 Å². The van der Waals surface area contributed by atoms with E-state index < -0.39 is 82.7 Å². The topological polar surface area (TPSA) is 172 Å². The number of aliphatic hydroxyl groups excluding tert-OH is 3. The van der Waals surface area contributed by atoms with Crippen LogP contribution in [0.1, 0.15) is 54.4 Å². The summed E-state index contributed by atoms with van der Waals surface area (Å²) in [5.74, 6) is -3.45. The van der Waals surface area contributed by atoms with Gasteiger partial charge in [-0.2, -0.15) is 0 Å². The molecule has 11 heteroatoms. The summed E-state index contributed by atoms with van der Waals surface area (Å²) in [6.07, 6.45) is -6.59. The summed E-state index contributed by atoms with van der Waals surface area (Å²) in [5.41, 5.74) is -6.36. The highest BCUT2D eigenvalue weighted by Crippen LogP contribution is 2.65. The highest BCUT2D eigenvalue weighted by Gasteiger charge is 2.87. The Balaban J connectivity index is 1.99. The minimum atomic E-state index is -2.01. The molecule has 35 heavy (non-hydrogen) atoms. The van der Waals surface area contributed by atoms with Crippen LogP contribution in [0.2, 0.25) is 0 Å². The van der Waals surface area contributed by atoms with Crippen LogP contribution >= 0.6 is 0 Å². The van der Waals surface area contributed by atoms with Crippen molar-refractivity contribution in [1.82, 2.24) is 0 Å². The number of carbonyl (C=O) groups is 3. The summed E-state index contributed by atoms with van der Waals surface area (Å²) in [4.78, 5) is 36.9. The lowest BCUT2D eigenvalue weighted by molar-refractivity contribution is -0.272. The van der Waals surface area contributed by atoms with E-state index in [1.165, 1.54) is 33.8 Å². The Morgan fingerprint density at radius 1 is 1.03 bits per heavy atom. The van der Waals surface area contributed by atoms with Crippen molar-refractivity contribution in [2.75, 3.05) is 0 Å². The van der Waals surface area contributed by atoms with Crippen LogP contribution in [0.25, 0.3) is 0 Å². The average Bonchev–Trinajstić information content (AvgIpc) is 3.32. The second-order valence-electron chi connectivity index (χ2n) is 10.9. The van der Waals surface area contributed by atoms with Gasteiger partial charge in [-0.25, -0.2) is 4.79 Å². The Bertz CT molecular complexity index is 975. The molecule has 2 aliphatic carbocycles. The van der Waals surface area contributed by atoms with E-state index >= 15 is 0 Å². The van der Waals surface area contributed by atoms with Crippen molar-refractivity contribution in [3.05, 3.63) is 11.6 Å². The van der Waals surface area contributed by atoms with Gasteiger partial charge in [-0.15, -0.1) is 0 Å². The van der Waals surface area contributed by atoms with Crippen LogP contribution in [0.5, 0.6) is 0 Å². The third-order valence-corrected chi connectivity index (χ3v) is 8.67. The van der Waals surface area contributed by atoms with Crippen molar-refractivity contribution in [3.63, 3.8) is 0 Å². The number of rotatable bonds is 2. The molecule has 0 bridgehead atoms. The highest BCUT2D eigenvalue weighted by molar-refractivity contribution is 5.89. The van der Waals surface area contributed by atoms with Gasteiger partial charge in [0.2, 0.25) is 0 Å². The van der Waals surface area contributed by atoms with Crippen molar-refractivity contribution in [2.45, 2.75) is 108 Å². The molecule has 11 unspecified atom stereocenters. The van der Waals surface area contributed by atoms with E-state index in [1.54, 1.807) is 13.8 Å². The van der Waals surface area contributed by atoms with Gasteiger partial charge in [-0.3, -0.25) is 9.59 Å². The number of epoxide rings is 1. The van der Waals surface area contributed by atoms with Crippen LogP contribution in [0, 0.1) is 11.3 Å². The van der Waals surface area contributed by atoms with E-state index in [4.69, 9.17) is 18.9 Å². The zero-order valence-corrected chi connectivity index (χ0v) is 20.7. The molecule has 11 atom stereocenters. The smallest absolute Gasteiger partial charge is 0.342 e. The first kappa shape index (κ1) is 26.0. The fraction of sp³-hybridized carbons (Fsp3) is 0.792. The fourth-order valence-electron chi connectivity index (χ4n) is 6.62. The molecule has 4 aliphatic rings. The van der Waals surface area contributed by atoms with Crippen molar-refractivity contribution < 1.29 is 53.8 Å². The summed E-state index contributed by atoms with van der Waals surface area (Å²) >= 11 is 0. The van der Waals surface area contributed by atoms with Crippen molar-refractivity contribution in [2.24, 2.45) is 11.3 Å². The standard InChI is InChI=1S/C24H34O11/c1-10-7-17-24(23(6,35-24)20(30)34-17)19(29)18-21(4,15(8-13(10)27)32-11(2)25)16(33-12(3)26)9-14(28)22(18,5)31/h7,13-19,27-29,31H,8-9H2,1-6H3. The molecule has 0 amide bonds. The third-order valence-electron chi connectivity index (χ3n) is 8.67. The molecule has 0 radical (unpaired) electrons. The van der Waals surface area contributed by atoms with Crippen LogP contribution < -0.4 is 0 Å². The van der Waals surface area contributed by atoms with Gasteiger partial charge < -0.3 is 39.4 Å².